The molecule has 1 aromatic carbocycles. The Morgan fingerprint density at radius 1 is 1.08 bits per heavy atom. The second-order valence-electron chi connectivity index (χ2n) is 7.26. The molecule has 1 aliphatic rings. The highest BCUT2D eigenvalue weighted by molar-refractivity contribution is 5.93. The standard InChI is InChI=1S/C19H27NO5/c1-18(2,3)25-17(22)20-19(9-7-6-8-16(19)21)13-10-14(23-4)12-15(11-13)24-5/h10-12H,6-9H2,1-5H3,(H,20,22). The quantitative estimate of drug-likeness (QED) is 0.899. The summed E-state index contributed by atoms with van der Waals surface area (Å²) in [5, 5.41) is 2.84. The number of methoxy groups -OCH3 is 2. The van der Waals surface area contributed by atoms with E-state index in [0.29, 0.717) is 29.9 Å². The van der Waals surface area contributed by atoms with E-state index in [0.717, 1.165) is 12.8 Å². The van der Waals surface area contributed by atoms with Crippen LogP contribution in [0, 0.1) is 0 Å². The number of amides is 1. The molecule has 1 aromatic rings. The van der Waals surface area contributed by atoms with Crippen LogP contribution in [0.4, 0.5) is 4.79 Å². The number of hydrogen-bond acceptors (Lipinski definition) is 5. The largest absolute Gasteiger partial charge is 0.497 e. The van der Waals surface area contributed by atoms with Crippen LogP contribution in [-0.2, 0) is 15.1 Å². The number of carbonyl (C=O) groups excluding carboxylic acids is 2. The van der Waals surface area contributed by atoms with Gasteiger partial charge in [0.2, 0.25) is 0 Å². The minimum absolute atomic E-state index is 0.0279. The summed E-state index contributed by atoms with van der Waals surface area (Å²) in [7, 11) is 3.10. The van der Waals surface area contributed by atoms with Crippen molar-refractivity contribution in [2.24, 2.45) is 0 Å². The molecule has 6 nitrogen and oxygen atoms in total. The summed E-state index contributed by atoms with van der Waals surface area (Å²) in [4.78, 5) is 25.3. The van der Waals surface area contributed by atoms with E-state index in [2.05, 4.69) is 5.32 Å². The van der Waals surface area contributed by atoms with Gasteiger partial charge in [-0.3, -0.25) is 4.79 Å². The molecule has 1 unspecified atom stereocenters. The zero-order chi connectivity index (χ0) is 18.7. The van der Waals surface area contributed by atoms with Crippen LogP contribution in [0.2, 0.25) is 0 Å². The Kier molecular flexibility index (Phi) is 5.60. The van der Waals surface area contributed by atoms with E-state index in [-0.39, 0.29) is 5.78 Å². The van der Waals surface area contributed by atoms with Crippen molar-refractivity contribution < 1.29 is 23.8 Å². The second kappa shape index (κ2) is 7.33. The molecule has 1 aliphatic carbocycles. The number of alkyl carbamates (subject to hydrolysis) is 1. The maximum atomic E-state index is 12.9. The first-order chi connectivity index (χ1) is 11.7. The lowest BCUT2D eigenvalue weighted by Gasteiger charge is -2.37. The van der Waals surface area contributed by atoms with Crippen LogP contribution < -0.4 is 14.8 Å². The van der Waals surface area contributed by atoms with E-state index in [1.165, 1.54) is 0 Å². The van der Waals surface area contributed by atoms with Gasteiger partial charge in [-0.15, -0.1) is 0 Å². The number of ether oxygens (including phenoxy) is 3. The Bertz CT molecular complexity index is 627. The number of hydrogen-bond donors (Lipinski definition) is 1. The molecule has 1 N–H and O–H groups in total. The summed E-state index contributed by atoms with van der Waals surface area (Å²) in [5.74, 6) is 1.11. The van der Waals surface area contributed by atoms with Gasteiger partial charge in [-0.2, -0.15) is 0 Å². The fraction of sp³-hybridized carbons (Fsp3) is 0.579. The van der Waals surface area contributed by atoms with Crippen molar-refractivity contribution in [3.8, 4) is 11.5 Å². The molecule has 6 heteroatoms. The SMILES string of the molecule is COc1cc(OC)cc(C2(NC(=O)OC(C)(C)C)CCCCC2=O)c1. The summed E-state index contributed by atoms with van der Waals surface area (Å²) in [6.45, 7) is 5.36. The number of benzene rings is 1. The third kappa shape index (κ3) is 4.44. The van der Waals surface area contributed by atoms with Gasteiger partial charge in [0.05, 0.1) is 14.2 Å². The van der Waals surface area contributed by atoms with Gasteiger partial charge in [0.15, 0.2) is 5.78 Å². The molecule has 0 radical (unpaired) electrons. The van der Waals surface area contributed by atoms with Crippen molar-refractivity contribution >= 4 is 11.9 Å². The number of rotatable bonds is 4. The van der Waals surface area contributed by atoms with Crippen LogP contribution in [0.3, 0.4) is 0 Å². The van der Waals surface area contributed by atoms with E-state index in [9.17, 15) is 9.59 Å². The van der Waals surface area contributed by atoms with Gasteiger partial charge in [0, 0.05) is 12.5 Å². The van der Waals surface area contributed by atoms with Crippen molar-refractivity contribution in [1.29, 1.82) is 0 Å². The molecule has 1 amide bonds. The van der Waals surface area contributed by atoms with E-state index >= 15 is 0 Å². The highest BCUT2D eigenvalue weighted by Crippen LogP contribution is 2.38. The van der Waals surface area contributed by atoms with Gasteiger partial charge < -0.3 is 19.5 Å². The Morgan fingerprint density at radius 3 is 2.16 bits per heavy atom. The smallest absolute Gasteiger partial charge is 0.408 e. The van der Waals surface area contributed by atoms with E-state index in [1.807, 2.05) is 0 Å². The molecule has 1 fully saturated rings. The van der Waals surface area contributed by atoms with Crippen molar-refractivity contribution in [1.82, 2.24) is 5.32 Å². The van der Waals surface area contributed by atoms with Crippen LogP contribution in [0.15, 0.2) is 18.2 Å². The van der Waals surface area contributed by atoms with Crippen molar-refractivity contribution in [2.75, 3.05) is 14.2 Å². The van der Waals surface area contributed by atoms with Gasteiger partial charge in [-0.1, -0.05) is 0 Å². The van der Waals surface area contributed by atoms with Gasteiger partial charge in [-0.05, 0) is 57.7 Å². The molecular formula is C19H27NO5. The molecule has 0 spiro atoms. The van der Waals surface area contributed by atoms with Gasteiger partial charge in [0.25, 0.3) is 0 Å². The summed E-state index contributed by atoms with van der Waals surface area (Å²) in [5.41, 5.74) is -1.11. The molecule has 0 aromatic heterocycles. The topological polar surface area (TPSA) is 73.9 Å². The van der Waals surface area contributed by atoms with Crippen LogP contribution >= 0.6 is 0 Å². The third-order valence-corrected chi connectivity index (χ3v) is 4.24. The van der Waals surface area contributed by atoms with Crippen molar-refractivity contribution in [2.45, 2.75) is 57.6 Å². The fourth-order valence-corrected chi connectivity index (χ4v) is 3.07. The Hall–Kier alpha value is -2.24. The van der Waals surface area contributed by atoms with E-state index in [4.69, 9.17) is 14.2 Å². The van der Waals surface area contributed by atoms with Crippen LogP contribution in [0.1, 0.15) is 52.0 Å². The van der Waals surface area contributed by atoms with Crippen molar-refractivity contribution in [3.05, 3.63) is 23.8 Å². The molecule has 2 rings (SSSR count). The second-order valence-corrected chi connectivity index (χ2v) is 7.26. The summed E-state index contributed by atoms with van der Waals surface area (Å²) >= 11 is 0. The zero-order valence-electron chi connectivity index (χ0n) is 15.6. The number of nitrogens with one attached hydrogen (secondary N) is 1. The lowest BCUT2D eigenvalue weighted by atomic mass is 9.75. The average molecular weight is 349 g/mol. The molecule has 0 saturated heterocycles. The summed E-state index contributed by atoms with van der Waals surface area (Å²) in [6.07, 6.45) is 1.97. The monoisotopic (exact) mass is 349 g/mol. The Morgan fingerprint density at radius 2 is 1.68 bits per heavy atom. The summed E-state index contributed by atoms with van der Waals surface area (Å²) in [6, 6.07) is 5.27. The summed E-state index contributed by atoms with van der Waals surface area (Å²) < 4.78 is 16.0. The molecule has 0 heterocycles. The predicted octanol–water partition coefficient (Wildman–Crippen LogP) is 3.57. The molecule has 1 saturated carbocycles. The van der Waals surface area contributed by atoms with E-state index < -0.39 is 17.2 Å². The lowest BCUT2D eigenvalue weighted by Crippen LogP contribution is -2.54. The molecule has 1 atom stereocenters. The molecule has 0 aliphatic heterocycles. The third-order valence-electron chi connectivity index (χ3n) is 4.24. The van der Waals surface area contributed by atoms with Crippen LogP contribution in [0.25, 0.3) is 0 Å². The van der Waals surface area contributed by atoms with Crippen LogP contribution in [0.5, 0.6) is 11.5 Å². The maximum Gasteiger partial charge on any atom is 0.408 e. The minimum atomic E-state index is -1.12. The number of ketones is 1. The highest BCUT2D eigenvalue weighted by Gasteiger charge is 2.44. The zero-order valence-corrected chi connectivity index (χ0v) is 15.6. The normalized spacial score (nSPS) is 20.8. The van der Waals surface area contributed by atoms with Gasteiger partial charge in [0.1, 0.15) is 22.6 Å². The first kappa shape index (κ1) is 19.1. The molecule has 25 heavy (non-hydrogen) atoms. The van der Waals surface area contributed by atoms with Crippen LogP contribution in [-0.4, -0.2) is 31.7 Å². The predicted molar refractivity (Wildman–Crippen MR) is 94.1 cm³/mol. The average Bonchev–Trinajstić information content (AvgIpc) is 2.54. The maximum absolute atomic E-state index is 12.9. The Balaban J connectivity index is 2.46. The first-order valence-electron chi connectivity index (χ1n) is 8.48. The lowest BCUT2D eigenvalue weighted by molar-refractivity contribution is -0.128. The van der Waals surface area contributed by atoms with Gasteiger partial charge in [-0.25, -0.2) is 4.79 Å². The van der Waals surface area contributed by atoms with Crippen molar-refractivity contribution in [3.63, 3.8) is 0 Å². The Labute approximate surface area is 148 Å². The number of carbonyl (C=O) groups is 2. The first-order valence-corrected chi connectivity index (χ1v) is 8.48. The number of Topliss-reactive ketones (excluding diaryl/α,β-unsaturated/α-hetero) is 1. The minimum Gasteiger partial charge on any atom is -0.497 e. The molecular weight excluding hydrogens is 322 g/mol. The molecule has 138 valence electrons. The highest BCUT2D eigenvalue weighted by atomic mass is 16.6. The molecule has 0 bridgehead atoms. The fourth-order valence-electron chi connectivity index (χ4n) is 3.07. The van der Waals surface area contributed by atoms with Gasteiger partial charge >= 0.3 is 6.09 Å². The van der Waals surface area contributed by atoms with E-state index in [1.54, 1.807) is 53.2 Å².